The van der Waals surface area contributed by atoms with Gasteiger partial charge in [0.25, 0.3) is 0 Å². The number of carbonyl (C=O) groups excluding carboxylic acids is 2. The van der Waals surface area contributed by atoms with Crippen LogP contribution in [0.3, 0.4) is 0 Å². The largest absolute Gasteiger partial charge is 0.465 e. The molecule has 5 aromatic rings. The van der Waals surface area contributed by atoms with Gasteiger partial charge >= 0.3 is 11.9 Å². The molecule has 41 heavy (non-hydrogen) atoms. The molecule has 3 aromatic heterocycles. The van der Waals surface area contributed by atoms with Crippen LogP contribution >= 0.6 is 11.6 Å². The highest BCUT2D eigenvalue weighted by atomic mass is 35.5. The first-order valence-electron chi connectivity index (χ1n) is 12.4. The number of nitrogens with zero attached hydrogens (tertiary/aromatic N) is 4. The number of aryl methyl sites for hydroxylation is 2. The number of alkyl halides is 1. The molecule has 0 amide bonds. The standard InChI is InChI=1S/C15H14ClN3O3.C13H15N3O3/c1-9-5-11(18-22-9)8-19-13-6-10(15(20)21-2)3-4-12(13)17-14(19)7-16;1-8-5-10(16-19-8)7-15-12-6-9(13(17)18-2)3-4-11(12)14/h3-6H,7-8H2,1-2H3;3-6,15H,7,14H2,1-2H3. The number of imidazole rings is 1. The van der Waals surface area contributed by atoms with Crippen molar-refractivity contribution < 1.29 is 28.1 Å². The topological polar surface area (TPSA) is 161 Å². The molecule has 0 saturated carbocycles. The van der Waals surface area contributed by atoms with Crippen molar-refractivity contribution in [2.45, 2.75) is 32.8 Å². The number of anilines is 2. The van der Waals surface area contributed by atoms with Crippen molar-refractivity contribution in [1.82, 2.24) is 19.9 Å². The lowest BCUT2D eigenvalue weighted by Gasteiger charge is -2.09. The van der Waals surface area contributed by atoms with E-state index in [1.54, 1.807) is 36.4 Å². The Morgan fingerprint density at radius 2 is 1.54 bits per heavy atom. The zero-order valence-electron chi connectivity index (χ0n) is 22.9. The Bertz CT molecular complexity index is 1670. The Morgan fingerprint density at radius 3 is 2.12 bits per heavy atom. The molecule has 0 unspecified atom stereocenters. The minimum atomic E-state index is -0.402. The molecule has 5 rings (SSSR count). The fraction of sp³-hybridized carbons (Fsp3) is 0.250. The van der Waals surface area contributed by atoms with Crippen LogP contribution in [-0.4, -0.2) is 46.0 Å². The molecule has 0 bridgehead atoms. The van der Waals surface area contributed by atoms with E-state index in [4.69, 9.17) is 31.1 Å². The highest BCUT2D eigenvalue weighted by Crippen LogP contribution is 2.22. The van der Waals surface area contributed by atoms with Gasteiger partial charge in [-0.15, -0.1) is 11.6 Å². The van der Waals surface area contributed by atoms with Crippen LogP contribution < -0.4 is 11.1 Å². The molecule has 0 saturated heterocycles. The predicted molar refractivity (Wildman–Crippen MR) is 152 cm³/mol. The number of benzene rings is 2. The Kier molecular flexibility index (Phi) is 9.25. The molecule has 3 N–H and O–H groups in total. The molecule has 214 valence electrons. The van der Waals surface area contributed by atoms with Crippen LogP contribution in [0.15, 0.2) is 57.6 Å². The number of nitrogen functional groups attached to an aromatic ring is 1. The minimum Gasteiger partial charge on any atom is -0.465 e. The zero-order valence-corrected chi connectivity index (χ0v) is 23.7. The molecular weight excluding hydrogens is 552 g/mol. The van der Waals surface area contributed by atoms with E-state index in [0.717, 1.165) is 33.9 Å². The SMILES string of the molecule is COC(=O)c1ccc(N)c(NCc2cc(C)on2)c1.COC(=O)c1ccc2nc(CCl)n(Cc3cc(C)on3)c2c1. The predicted octanol–water partition coefficient (Wildman–Crippen LogP) is 4.87. The van der Waals surface area contributed by atoms with Crippen LogP contribution in [0, 0.1) is 13.8 Å². The number of rotatable bonds is 8. The number of hydrogen-bond acceptors (Lipinski definition) is 11. The fourth-order valence-corrected chi connectivity index (χ4v) is 4.20. The highest BCUT2D eigenvalue weighted by Gasteiger charge is 2.15. The molecule has 0 aliphatic rings. The van der Waals surface area contributed by atoms with Gasteiger partial charge in [0.15, 0.2) is 0 Å². The second-order valence-electron chi connectivity index (χ2n) is 8.95. The molecule has 2 aromatic carbocycles. The summed E-state index contributed by atoms with van der Waals surface area (Å²) >= 11 is 5.99. The van der Waals surface area contributed by atoms with E-state index >= 15 is 0 Å². The van der Waals surface area contributed by atoms with E-state index in [0.29, 0.717) is 41.4 Å². The van der Waals surface area contributed by atoms with Gasteiger partial charge < -0.3 is 34.1 Å². The summed E-state index contributed by atoms with van der Waals surface area (Å²) in [5.74, 6) is 1.66. The van der Waals surface area contributed by atoms with Crippen LogP contribution in [0.2, 0.25) is 0 Å². The third-order valence-electron chi connectivity index (χ3n) is 5.98. The van der Waals surface area contributed by atoms with E-state index in [1.807, 2.05) is 30.5 Å². The number of nitrogens with two attached hydrogens (primary N) is 1. The summed E-state index contributed by atoms with van der Waals surface area (Å²) in [6.45, 7) is 4.59. The first-order chi connectivity index (χ1) is 19.7. The average Bonchev–Trinajstić information content (AvgIpc) is 3.69. The highest BCUT2D eigenvalue weighted by molar-refractivity contribution is 6.16. The Hall–Kier alpha value is -4.84. The number of carbonyl (C=O) groups is 2. The first-order valence-corrected chi connectivity index (χ1v) is 12.9. The first kappa shape index (κ1) is 29.2. The van der Waals surface area contributed by atoms with Crippen molar-refractivity contribution in [3.8, 4) is 0 Å². The van der Waals surface area contributed by atoms with Crippen molar-refractivity contribution in [2.24, 2.45) is 0 Å². The minimum absolute atomic E-state index is 0.263. The van der Waals surface area contributed by atoms with Crippen molar-refractivity contribution >= 4 is 45.9 Å². The van der Waals surface area contributed by atoms with Crippen molar-refractivity contribution in [2.75, 3.05) is 25.3 Å². The van der Waals surface area contributed by atoms with Gasteiger partial charge in [-0.2, -0.15) is 0 Å². The van der Waals surface area contributed by atoms with Gasteiger partial charge in [0.05, 0.1) is 66.7 Å². The molecule has 0 radical (unpaired) electrons. The van der Waals surface area contributed by atoms with E-state index in [2.05, 4.69) is 25.4 Å². The van der Waals surface area contributed by atoms with Gasteiger partial charge in [-0.25, -0.2) is 14.6 Å². The zero-order chi connectivity index (χ0) is 29.5. The molecule has 13 heteroatoms. The van der Waals surface area contributed by atoms with E-state index < -0.39 is 5.97 Å². The molecule has 0 spiro atoms. The second-order valence-corrected chi connectivity index (χ2v) is 9.22. The summed E-state index contributed by atoms with van der Waals surface area (Å²) in [6, 6.07) is 13.8. The molecular formula is C28H29ClN6O6. The van der Waals surface area contributed by atoms with Crippen molar-refractivity contribution in [3.63, 3.8) is 0 Å². The lowest BCUT2D eigenvalue weighted by molar-refractivity contribution is 0.0592. The van der Waals surface area contributed by atoms with Crippen LogP contribution in [0.1, 0.15) is 49.4 Å². The Balaban J connectivity index is 0.000000191. The maximum atomic E-state index is 11.7. The number of nitrogens with one attached hydrogen (secondary N) is 1. The number of esters is 2. The average molecular weight is 581 g/mol. The van der Waals surface area contributed by atoms with Crippen molar-refractivity contribution in [1.29, 1.82) is 0 Å². The summed E-state index contributed by atoms with van der Waals surface area (Å²) in [4.78, 5) is 27.6. The fourth-order valence-electron chi connectivity index (χ4n) is 3.99. The van der Waals surface area contributed by atoms with Gasteiger partial charge in [-0.3, -0.25) is 0 Å². The lowest BCUT2D eigenvalue weighted by Crippen LogP contribution is -2.06. The number of methoxy groups -OCH3 is 2. The number of fused-ring (bicyclic) bond motifs is 1. The van der Waals surface area contributed by atoms with E-state index in [-0.39, 0.29) is 11.8 Å². The van der Waals surface area contributed by atoms with Gasteiger partial charge in [0.1, 0.15) is 28.7 Å². The summed E-state index contributed by atoms with van der Waals surface area (Å²) < 4.78 is 21.4. The molecule has 0 aliphatic heterocycles. The molecule has 12 nitrogen and oxygen atoms in total. The van der Waals surface area contributed by atoms with Crippen LogP contribution in [0.4, 0.5) is 11.4 Å². The quantitative estimate of drug-likeness (QED) is 0.146. The maximum absolute atomic E-state index is 11.7. The van der Waals surface area contributed by atoms with Crippen LogP contribution in [0.5, 0.6) is 0 Å². The number of aromatic nitrogens is 4. The van der Waals surface area contributed by atoms with Gasteiger partial charge in [-0.05, 0) is 50.2 Å². The normalized spacial score (nSPS) is 10.7. The van der Waals surface area contributed by atoms with Crippen molar-refractivity contribution in [3.05, 3.63) is 88.4 Å². The van der Waals surface area contributed by atoms with E-state index in [1.165, 1.54) is 14.2 Å². The molecule has 0 fully saturated rings. The number of hydrogen-bond donors (Lipinski definition) is 2. The summed E-state index contributed by atoms with van der Waals surface area (Å²) in [7, 11) is 2.69. The number of halogens is 1. The van der Waals surface area contributed by atoms with Crippen LogP contribution in [0.25, 0.3) is 11.0 Å². The molecule has 0 atom stereocenters. The molecule has 3 heterocycles. The molecule has 0 aliphatic carbocycles. The number of ether oxygens (including phenoxy) is 2. The summed E-state index contributed by atoms with van der Waals surface area (Å²) in [5.41, 5.74) is 11.1. The maximum Gasteiger partial charge on any atom is 0.337 e. The second kappa shape index (κ2) is 13.0. The smallest absolute Gasteiger partial charge is 0.337 e. The van der Waals surface area contributed by atoms with Gasteiger partial charge in [0, 0.05) is 12.1 Å². The monoisotopic (exact) mass is 580 g/mol. The van der Waals surface area contributed by atoms with Gasteiger partial charge in [-0.1, -0.05) is 10.3 Å². The van der Waals surface area contributed by atoms with Crippen LogP contribution in [-0.2, 0) is 28.4 Å². The Labute approximate surface area is 240 Å². The third kappa shape index (κ3) is 7.03. The lowest BCUT2D eigenvalue weighted by atomic mass is 10.1. The summed E-state index contributed by atoms with van der Waals surface area (Å²) in [5, 5.41) is 11.0. The van der Waals surface area contributed by atoms with Gasteiger partial charge in [0.2, 0.25) is 0 Å². The summed E-state index contributed by atoms with van der Waals surface area (Å²) in [6.07, 6.45) is 0. The van der Waals surface area contributed by atoms with E-state index in [9.17, 15) is 9.59 Å². The third-order valence-corrected chi connectivity index (χ3v) is 6.21. The Morgan fingerprint density at radius 1 is 0.927 bits per heavy atom.